The van der Waals surface area contributed by atoms with E-state index in [1.807, 2.05) is 0 Å². The van der Waals surface area contributed by atoms with E-state index in [1.54, 1.807) is 0 Å². The smallest absolute Gasteiger partial charge is 0.306 e. The van der Waals surface area contributed by atoms with Crippen LogP contribution in [0.2, 0.25) is 0 Å². The van der Waals surface area contributed by atoms with Gasteiger partial charge in [0.2, 0.25) is 0 Å². The molecule has 0 aliphatic heterocycles. The average molecular weight is 527 g/mol. The highest BCUT2D eigenvalue weighted by molar-refractivity contribution is 5.70. The largest absolute Gasteiger partial charge is 0.465 e. The molecule has 1 unspecified atom stereocenters. The zero-order valence-electron chi connectivity index (χ0n) is 24.9. The molecule has 0 heterocycles. The van der Waals surface area contributed by atoms with E-state index in [4.69, 9.17) is 14.6 Å². The number of carbonyl (C=O) groups is 2. The Balaban J connectivity index is 4.58. The summed E-state index contributed by atoms with van der Waals surface area (Å²) in [5.74, 6) is 0.142. The van der Waals surface area contributed by atoms with Crippen molar-refractivity contribution in [3.05, 3.63) is 0 Å². The number of hydrogen-bond acceptors (Lipinski definition) is 5. The lowest BCUT2D eigenvalue weighted by Crippen LogP contribution is -2.22. The highest BCUT2D eigenvalue weighted by Crippen LogP contribution is 2.23. The fraction of sp³-hybridized carbons (Fsp3) is 0.938. The minimum absolute atomic E-state index is 0.00112. The molecular weight excluding hydrogens is 464 g/mol. The van der Waals surface area contributed by atoms with Crippen molar-refractivity contribution in [2.24, 2.45) is 11.8 Å². The van der Waals surface area contributed by atoms with E-state index in [0.29, 0.717) is 38.4 Å². The third-order valence-corrected chi connectivity index (χ3v) is 7.35. The van der Waals surface area contributed by atoms with Crippen LogP contribution in [0.15, 0.2) is 0 Å². The molecule has 0 aromatic heterocycles. The predicted molar refractivity (Wildman–Crippen MR) is 155 cm³/mol. The predicted octanol–water partition coefficient (Wildman–Crippen LogP) is 8.94. The number of rotatable bonds is 28. The van der Waals surface area contributed by atoms with Gasteiger partial charge in [-0.05, 0) is 38.0 Å². The fourth-order valence-corrected chi connectivity index (χ4v) is 4.84. The Hall–Kier alpha value is -1.10. The van der Waals surface area contributed by atoms with Gasteiger partial charge in [-0.3, -0.25) is 9.59 Å². The molecule has 5 nitrogen and oxygen atoms in total. The Labute approximate surface area is 229 Å². The lowest BCUT2D eigenvalue weighted by Gasteiger charge is -2.19. The third kappa shape index (κ3) is 25.0. The molecule has 0 aromatic carbocycles. The van der Waals surface area contributed by atoms with Crippen LogP contribution in [0.3, 0.4) is 0 Å². The molecule has 5 heteroatoms. The first-order valence-corrected chi connectivity index (χ1v) is 16.0. The van der Waals surface area contributed by atoms with E-state index in [1.165, 1.54) is 77.0 Å². The van der Waals surface area contributed by atoms with Gasteiger partial charge in [-0.25, -0.2) is 0 Å². The Morgan fingerprint density at radius 3 is 1.51 bits per heavy atom. The van der Waals surface area contributed by atoms with Crippen LogP contribution in [0.4, 0.5) is 0 Å². The minimum Gasteiger partial charge on any atom is -0.465 e. The summed E-state index contributed by atoms with van der Waals surface area (Å²) in [5.41, 5.74) is 0. The summed E-state index contributed by atoms with van der Waals surface area (Å²) < 4.78 is 11.2. The van der Waals surface area contributed by atoms with Crippen LogP contribution < -0.4 is 0 Å². The number of aliphatic hydroxyl groups is 1. The van der Waals surface area contributed by atoms with Crippen LogP contribution in [-0.2, 0) is 19.1 Å². The molecule has 0 radical (unpaired) electrons. The van der Waals surface area contributed by atoms with Crippen molar-refractivity contribution in [2.45, 2.75) is 162 Å². The summed E-state index contributed by atoms with van der Waals surface area (Å²) in [6.45, 7) is 7.36. The van der Waals surface area contributed by atoms with Gasteiger partial charge >= 0.3 is 11.9 Å². The Bertz CT molecular complexity index is 491. The number of hydrogen-bond donors (Lipinski definition) is 1. The van der Waals surface area contributed by atoms with Crippen molar-refractivity contribution >= 4 is 11.9 Å². The molecule has 0 saturated carbocycles. The summed E-state index contributed by atoms with van der Waals surface area (Å²) in [6.07, 6.45) is 23.9. The molecule has 0 aliphatic rings. The summed E-state index contributed by atoms with van der Waals surface area (Å²) in [7, 11) is 0. The van der Waals surface area contributed by atoms with Gasteiger partial charge in [0, 0.05) is 25.4 Å². The first kappa shape index (κ1) is 35.9. The number of aliphatic hydroxyl groups excluding tert-OH is 1. The van der Waals surface area contributed by atoms with Crippen molar-refractivity contribution < 1.29 is 24.2 Å². The minimum atomic E-state index is -0.162. The number of carbonyl (C=O) groups excluding carboxylic acids is 2. The van der Waals surface area contributed by atoms with Crippen LogP contribution in [0.25, 0.3) is 0 Å². The van der Waals surface area contributed by atoms with Crippen LogP contribution >= 0.6 is 0 Å². The number of ether oxygens (including phenoxy) is 2. The molecule has 220 valence electrons. The van der Waals surface area contributed by atoms with Crippen molar-refractivity contribution in [1.29, 1.82) is 0 Å². The summed E-state index contributed by atoms with van der Waals surface area (Å²) in [5, 5.41) is 9.13. The van der Waals surface area contributed by atoms with Crippen LogP contribution in [0.1, 0.15) is 162 Å². The SMILES string of the molecule is CCCCCCCCC(CCCCCCCC)CC(=O)OCC(CCCCO)COC(=O)CCCCC. The van der Waals surface area contributed by atoms with Crippen LogP contribution in [-0.4, -0.2) is 36.9 Å². The fourth-order valence-electron chi connectivity index (χ4n) is 4.84. The Morgan fingerprint density at radius 2 is 0.973 bits per heavy atom. The molecule has 1 N–H and O–H groups in total. The maximum absolute atomic E-state index is 12.8. The van der Waals surface area contributed by atoms with Gasteiger partial charge in [-0.15, -0.1) is 0 Å². The van der Waals surface area contributed by atoms with Crippen LogP contribution in [0.5, 0.6) is 0 Å². The monoisotopic (exact) mass is 526 g/mol. The summed E-state index contributed by atoms with van der Waals surface area (Å²) >= 11 is 0. The number of esters is 2. The molecule has 0 rings (SSSR count). The zero-order chi connectivity index (χ0) is 27.4. The van der Waals surface area contributed by atoms with E-state index >= 15 is 0 Å². The highest BCUT2D eigenvalue weighted by Gasteiger charge is 2.18. The Kier molecular flexibility index (Phi) is 27.1. The molecule has 37 heavy (non-hydrogen) atoms. The first-order chi connectivity index (χ1) is 18.1. The van der Waals surface area contributed by atoms with Gasteiger partial charge in [0.05, 0.1) is 13.2 Å². The second-order valence-electron chi connectivity index (χ2n) is 11.1. The van der Waals surface area contributed by atoms with E-state index in [9.17, 15) is 9.59 Å². The van der Waals surface area contributed by atoms with Gasteiger partial charge in [0.1, 0.15) is 0 Å². The summed E-state index contributed by atoms with van der Waals surface area (Å²) in [4.78, 5) is 24.8. The van der Waals surface area contributed by atoms with Crippen molar-refractivity contribution in [2.75, 3.05) is 19.8 Å². The molecular formula is C32H62O5. The Morgan fingerprint density at radius 1 is 0.541 bits per heavy atom. The maximum Gasteiger partial charge on any atom is 0.306 e. The highest BCUT2D eigenvalue weighted by atomic mass is 16.5. The quantitative estimate of drug-likeness (QED) is 0.0813. The van der Waals surface area contributed by atoms with Gasteiger partial charge in [0.25, 0.3) is 0 Å². The molecule has 1 atom stereocenters. The third-order valence-electron chi connectivity index (χ3n) is 7.35. The van der Waals surface area contributed by atoms with E-state index in [0.717, 1.165) is 44.9 Å². The standard InChI is InChI=1S/C32H62O5/c1-4-7-10-12-14-17-21-29(22-18-15-13-11-8-5-2)26-32(35)37-28-30(23-19-20-25-33)27-36-31(34)24-16-9-6-3/h29-30,33H,4-28H2,1-3H3. The molecule has 0 aliphatic carbocycles. The van der Waals surface area contributed by atoms with Gasteiger partial charge in [0.15, 0.2) is 0 Å². The normalized spacial score (nSPS) is 12.1. The lowest BCUT2D eigenvalue weighted by atomic mass is 9.91. The second kappa shape index (κ2) is 27.9. The summed E-state index contributed by atoms with van der Waals surface area (Å²) in [6, 6.07) is 0. The zero-order valence-corrected chi connectivity index (χ0v) is 24.9. The first-order valence-electron chi connectivity index (χ1n) is 16.0. The average Bonchev–Trinajstić information content (AvgIpc) is 2.89. The van der Waals surface area contributed by atoms with Gasteiger partial charge < -0.3 is 14.6 Å². The lowest BCUT2D eigenvalue weighted by molar-refractivity contribution is -0.150. The second-order valence-corrected chi connectivity index (χ2v) is 11.1. The molecule has 0 bridgehead atoms. The molecule has 0 amide bonds. The topological polar surface area (TPSA) is 72.8 Å². The number of unbranched alkanes of at least 4 members (excludes halogenated alkanes) is 13. The van der Waals surface area contributed by atoms with E-state index in [2.05, 4.69) is 20.8 Å². The van der Waals surface area contributed by atoms with Crippen LogP contribution in [0, 0.1) is 11.8 Å². The molecule has 0 saturated heterocycles. The van der Waals surface area contributed by atoms with E-state index < -0.39 is 0 Å². The molecule has 0 spiro atoms. The molecule has 0 aromatic rings. The maximum atomic E-state index is 12.8. The molecule has 0 fully saturated rings. The van der Waals surface area contributed by atoms with Gasteiger partial charge in [-0.2, -0.15) is 0 Å². The van der Waals surface area contributed by atoms with Gasteiger partial charge in [-0.1, -0.05) is 117 Å². The van der Waals surface area contributed by atoms with Crippen molar-refractivity contribution in [1.82, 2.24) is 0 Å². The van der Waals surface area contributed by atoms with Crippen molar-refractivity contribution in [3.63, 3.8) is 0 Å². The van der Waals surface area contributed by atoms with Crippen molar-refractivity contribution in [3.8, 4) is 0 Å². The van der Waals surface area contributed by atoms with E-state index in [-0.39, 0.29) is 24.5 Å².